The summed E-state index contributed by atoms with van der Waals surface area (Å²) in [7, 11) is -3.84. The maximum absolute atomic E-state index is 14.3. The molecule has 24 heavy (non-hydrogen) atoms. The maximum Gasteiger partial charge on any atom is 0.268 e. The standard InChI is InChI=1S/C16H16F2N2O3S/c17-16(18)13(9-5-7-10(8-6-9)24(19,21)22)14(16)15-20-11-3-1-2-4-12(11)23-15/h5-8,13-14H,1-4H2,(H2,19,21,22)/t13-,14+/m0/s1. The summed E-state index contributed by atoms with van der Waals surface area (Å²) >= 11 is 0. The van der Waals surface area contributed by atoms with Gasteiger partial charge in [0, 0.05) is 6.42 Å². The molecule has 0 unspecified atom stereocenters. The van der Waals surface area contributed by atoms with E-state index in [0.29, 0.717) is 5.56 Å². The third-order valence-corrected chi connectivity index (χ3v) is 5.68. The topological polar surface area (TPSA) is 86.2 Å². The lowest BCUT2D eigenvalue weighted by molar-refractivity contribution is 0.101. The van der Waals surface area contributed by atoms with E-state index in [-0.39, 0.29) is 10.8 Å². The Morgan fingerprint density at radius 1 is 1.12 bits per heavy atom. The van der Waals surface area contributed by atoms with Crippen LogP contribution in [0.4, 0.5) is 8.78 Å². The van der Waals surface area contributed by atoms with Crippen LogP contribution in [0.5, 0.6) is 0 Å². The Bertz CT molecular complexity index is 867. The third-order valence-electron chi connectivity index (χ3n) is 4.75. The number of aryl methyl sites for hydroxylation is 2. The number of nitrogens with two attached hydrogens (primary N) is 1. The molecular formula is C16H16F2N2O3S. The third kappa shape index (κ3) is 2.44. The van der Waals surface area contributed by atoms with Gasteiger partial charge in [0.25, 0.3) is 5.92 Å². The first-order valence-electron chi connectivity index (χ1n) is 7.77. The number of rotatable bonds is 3. The molecule has 2 atom stereocenters. The van der Waals surface area contributed by atoms with Gasteiger partial charge in [-0.15, -0.1) is 0 Å². The van der Waals surface area contributed by atoms with Crippen LogP contribution in [0.1, 0.15) is 47.6 Å². The number of oxazole rings is 1. The summed E-state index contributed by atoms with van der Waals surface area (Å²) in [6.45, 7) is 0. The highest BCUT2D eigenvalue weighted by Gasteiger charge is 2.71. The Balaban J connectivity index is 1.63. The number of benzene rings is 1. The minimum Gasteiger partial charge on any atom is -0.445 e. The minimum absolute atomic E-state index is 0.0902. The summed E-state index contributed by atoms with van der Waals surface area (Å²) < 4.78 is 56.7. The number of sulfonamides is 1. The van der Waals surface area contributed by atoms with Crippen LogP contribution >= 0.6 is 0 Å². The molecule has 0 amide bonds. The number of primary sulfonamides is 1. The minimum atomic E-state index is -3.84. The van der Waals surface area contributed by atoms with Crippen LogP contribution in [0.3, 0.4) is 0 Å². The summed E-state index contributed by atoms with van der Waals surface area (Å²) in [5.74, 6) is -4.28. The molecule has 0 radical (unpaired) electrons. The summed E-state index contributed by atoms with van der Waals surface area (Å²) in [5, 5.41) is 5.03. The van der Waals surface area contributed by atoms with Crippen molar-refractivity contribution in [1.29, 1.82) is 0 Å². The van der Waals surface area contributed by atoms with E-state index in [9.17, 15) is 17.2 Å². The van der Waals surface area contributed by atoms with E-state index >= 15 is 0 Å². The molecule has 8 heteroatoms. The summed E-state index contributed by atoms with van der Waals surface area (Å²) in [4.78, 5) is 4.18. The summed E-state index contributed by atoms with van der Waals surface area (Å²) in [6.07, 6.45) is 3.50. The van der Waals surface area contributed by atoms with E-state index in [1.807, 2.05) is 0 Å². The number of nitrogens with zero attached hydrogens (tertiary/aromatic N) is 1. The van der Waals surface area contributed by atoms with E-state index in [4.69, 9.17) is 9.56 Å². The van der Waals surface area contributed by atoms with Crippen LogP contribution in [0.2, 0.25) is 0 Å². The van der Waals surface area contributed by atoms with Gasteiger partial charge < -0.3 is 4.42 Å². The predicted octanol–water partition coefficient (Wildman–Crippen LogP) is 2.72. The number of hydrogen-bond donors (Lipinski definition) is 1. The van der Waals surface area contributed by atoms with Crippen LogP contribution in [0, 0.1) is 0 Å². The molecule has 2 aromatic rings. The molecular weight excluding hydrogens is 338 g/mol. The van der Waals surface area contributed by atoms with Gasteiger partial charge in [-0.3, -0.25) is 0 Å². The summed E-state index contributed by atoms with van der Waals surface area (Å²) in [5.41, 5.74) is 1.15. The fourth-order valence-electron chi connectivity index (χ4n) is 3.42. The fraction of sp³-hybridized carbons (Fsp3) is 0.438. The number of fused-ring (bicyclic) bond motifs is 1. The van der Waals surface area contributed by atoms with Gasteiger partial charge in [-0.1, -0.05) is 12.1 Å². The molecule has 0 spiro atoms. The van der Waals surface area contributed by atoms with Gasteiger partial charge in [0.2, 0.25) is 15.9 Å². The van der Waals surface area contributed by atoms with Gasteiger partial charge in [-0.05, 0) is 37.0 Å². The normalized spacial score (nSPS) is 25.3. The summed E-state index contributed by atoms with van der Waals surface area (Å²) in [6, 6.07) is 5.25. The SMILES string of the molecule is NS(=O)(=O)c1ccc([C@H]2[C@H](c3nc4c(o3)CCCC4)C2(F)F)cc1. The Morgan fingerprint density at radius 2 is 1.79 bits per heavy atom. The molecule has 1 aromatic carbocycles. The van der Waals surface area contributed by atoms with Crippen LogP contribution in [0.25, 0.3) is 0 Å². The van der Waals surface area contributed by atoms with Crippen LogP contribution in [-0.2, 0) is 22.9 Å². The molecule has 2 aliphatic carbocycles. The van der Waals surface area contributed by atoms with Crippen LogP contribution < -0.4 is 5.14 Å². The monoisotopic (exact) mass is 354 g/mol. The van der Waals surface area contributed by atoms with Gasteiger partial charge in [0.15, 0.2) is 0 Å². The molecule has 1 saturated carbocycles. The number of halogens is 2. The molecule has 5 nitrogen and oxygen atoms in total. The Labute approximate surface area is 137 Å². The first-order chi connectivity index (χ1) is 11.3. The van der Waals surface area contributed by atoms with Crippen molar-refractivity contribution in [3.63, 3.8) is 0 Å². The maximum atomic E-state index is 14.3. The Hall–Kier alpha value is -1.80. The van der Waals surface area contributed by atoms with Gasteiger partial charge in [0.05, 0.1) is 16.5 Å². The molecule has 1 heterocycles. The van der Waals surface area contributed by atoms with Gasteiger partial charge in [-0.2, -0.15) is 0 Å². The van der Waals surface area contributed by atoms with E-state index in [2.05, 4.69) is 4.98 Å². The number of aromatic nitrogens is 1. The zero-order valence-corrected chi connectivity index (χ0v) is 13.5. The molecule has 128 valence electrons. The molecule has 0 saturated heterocycles. The average molecular weight is 354 g/mol. The fourth-order valence-corrected chi connectivity index (χ4v) is 3.93. The molecule has 2 N–H and O–H groups in total. The second kappa shape index (κ2) is 5.10. The first-order valence-corrected chi connectivity index (χ1v) is 9.32. The van der Waals surface area contributed by atoms with Gasteiger partial charge in [0.1, 0.15) is 11.7 Å². The van der Waals surface area contributed by atoms with Gasteiger partial charge in [-0.25, -0.2) is 27.3 Å². The van der Waals surface area contributed by atoms with Crippen molar-refractivity contribution >= 4 is 10.0 Å². The molecule has 2 aliphatic rings. The highest BCUT2D eigenvalue weighted by Crippen LogP contribution is 2.67. The molecule has 1 aromatic heterocycles. The van der Waals surface area contributed by atoms with Gasteiger partial charge >= 0.3 is 0 Å². The Morgan fingerprint density at radius 3 is 2.42 bits per heavy atom. The second-order valence-corrected chi connectivity index (χ2v) is 7.93. The molecule has 0 aliphatic heterocycles. The molecule has 4 rings (SSSR count). The lowest BCUT2D eigenvalue weighted by atomic mass is 10.0. The van der Waals surface area contributed by atoms with Crippen molar-refractivity contribution in [1.82, 2.24) is 4.98 Å². The molecule has 0 bridgehead atoms. The van der Waals surface area contributed by atoms with Crippen molar-refractivity contribution in [3.8, 4) is 0 Å². The lowest BCUT2D eigenvalue weighted by Crippen LogP contribution is -2.11. The van der Waals surface area contributed by atoms with E-state index in [0.717, 1.165) is 37.1 Å². The highest BCUT2D eigenvalue weighted by molar-refractivity contribution is 7.89. The average Bonchev–Trinajstić information content (AvgIpc) is 2.90. The zero-order valence-electron chi connectivity index (χ0n) is 12.7. The van der Waals surface area contributed by atoms with Crippen molar-refractivity contribution in [2.45, 2.75) is 48.3 Å². The molecule has 1 fully saturated rings. The van der Waals surface area contributed by atoms with Crippen molar-refractivity contribution in [3.05, 3.63) is 47.2 Å². The first kappa shape index (κ1) is 15.7. The van der Waals surface area contributed by atoms with E-state index < -0.39 is 27.8 Å². The zero-order chi connectivity index (χ0) is 17.1. The smallest absolute Gasteiger partial charge is 0.268 e. The highest BCUT2D eigenvalue weighted by atomic mass is 32.2. The van der Waals surface area contributed by atoms with E-state index in [1.54, 1.807) is 0 Å². The second-order valence-electron chi connectivity index (χ2n) is 6.37. The van der Waals surface area contributed by atoms with Crippen molar-refractivity contribution in [2.24, 2.45) is 5.14 Å². The largest absolute Gasteiger partial charge is 0.445 e. The predicted molar refractivity (Wildman–Crippen MR) is 81.4 cm³/mol. The number of alkyl halides is 2. The van der Waals surface area contributed by atoms with Crippen molar-refractivity contribution < 1.29 is 21.6 Å². The lowest BCUT2D eigenvalue weighted by Gasteiger charge is -2.05. The number of hydrogen-bond acceptors (Lipinski definition) is 4. The van der Waals surface area contributed by atoms with Crippen LogP contribution in [0.15, 0.2) is 33.6 Å². The van der Waals surface area contributed by atoms with E-state index in [1.165, 1.54) is 24.3 Å². The Kier molecular flexibility index (Phi) is 3.34. The van der Waals surface area contributed by atoms with Crippen molar-refractivity contribution in [2.75, 3.05) is 0 Å². The van der Waals surface area contributed by atoms with Crippen LogP contribution in [-0.4, -0.2) is 19.3 Å². The quantitative estimate of drug-likeness (QED) is 0.918.